The van der Waals surface area contributed by atoms with E-state index in [1.807, 2.05) is 38.1 Å². The molecule has 0 saturated heterocycles. The van der Waals surface area contributed by atoms with Gasteiger partial charge in [0, 0.05) is 5.92 Å². The second kappa shape index (κ2) is 6.76. The molecule has 0 aromatic heterocycles. The fourth-order valence-corrected chi connectivity index (χ4v) is 2.03. The van der Waals surface area contributed by atoms with Gasteiger partial charge in [0.1, 0.15) is 5.75 Å². The van der Waals surface area contributed by atoms with Crippen LogP contribution in [0.3, 0.4) is 0 Å². The maximum Gasteiger partial charge on any atom is 0.119 e. The van der Waals surface area contributed by atoms with Gasteiger partial charge in [0.2, 0.25) is 0 Å². The highest BCUT2D eigenvalue weighted by Gasteiger charge is 2.22. The predicted octanol–water partition coefficient (Wildman–Crippen LogP) is 2.74. The molecule has 0 amide bonds. The molecule has 0 saturated carbocycles. The van der Waals surface area contributed by atoms with Crippen molar-refractivity contribution >= 4 is 0 Å². The van der Waals surface area contributed by atoms with Crippen LogP contribution in [0.5, 0.6) is 5.75 Å². The predicted molar refractivity (Wildman–Crippen MR) is 74.5 cm³/mol. The number of rotatable bonds is 6. The number of hydrogen-bond acceptors (Lipinski definition) is 3. The molecular formula is C15H25NO2. The molecule has 3 N–H and O–H groups in total. The number of aliphatic hydroxyl groups excluding tert-OH is 1. The van der Waals surface area contributed by atoms with Gasteiger partial charge in [-0.05, 0) is 44.0 Å². The van der Waals surface area contributed by atoms with Crippen LogP contribution in [0.2, 0.25) is 0 Å². The van der Waals surface area contributed by atoms with E-state index in [0.717, 1.165) is 11.3 Å². The van der Waals surface area contributed by atoms with E-state index in [0.29, 0.717) is 12.5 Å². The molecule has 0 heterocycles. The van der Waals surface area contributed by atoms with Crippen molar-refractivity contribution in [3.8, 4) is 5.75 Å². The Morgan fingerprint density at radius 3 is 2.06 bits per heavy atom. The highest BCUT2D eigenvalue weighted by Crippen LogP contribution is 2.28. The summed E-state index contributed by atoms with van der Waals surface area (Å²) in [6.07, 6.45) is -0.351. The molecule has 0 aliphatic carbocycles. The molecule has 0 spiro atoms. The Bertz CT molecular complexity index is 346. The van der Waals surface area contributed by atoms with Gasteiger partial charge in [0.15, 0.2) is 0 Å². The van der Waals surface area contributed by atoms with Gasteiger partial charge in [-0.2, -0.15) is 0 Å². The minimum absolute atomic E-state index is 0.0851. The summed E-state index contributed by atoms with van der Waals surface area (Å²) in [4.78, 5) is 0. The van der Waals surface area contributed by atoms with Crippen molar-refractivity contribution in [2.45, 2.75) is 39.9 Å². The van der Waals surface area contributed by atoms with Crippen LogP contribution in [0, 0.1) is 11.8 Å². The largest absolute Gasteiger partial charge is 0.491 e. The molecule has 102 valence electrons. The topological polar surface area (TPSA) is 55.5 Å². The van der Waals surface area contributed by atoms with Gasteiger partial charge in [0.05, 0.1) is 12.2 Å². The maximum absolute atomic E-state index is 10.3. The first-order valence-electron chi connectivity index (χ1n) is 6.60. The van der Waals surface area contributed by atoms with Gasteiger partial charge >= 0.3 is 0 Å². The van der Waals surface area contributed by atoms with Gasteiger partial charge in [-0.25, -0.2) is 0 Å². The van der Waals surface area contributed by atoms with Gasteiger partial charge in [-0.1, -0.05) is 26.0 Å². The Hall–Kier alpha value is -1.06. The lowest BCUT2D eigenvalue weighted by molar-refractivity contribution is 0.0860. The number of benzene rings is 1. The summed E-state index contributed by atoms with van der Waals surface area (Å²) < 4.78 is 5.58. The number of ether oxygens (including phenoxy) is 1. The van der Waals surface area contributed by atoms with E-state index < -0.39 is 6.10 Å². The van der Waals surface area contributed by atoms with Gasteiger partial charge in [-0.3, -0.25) is 0 Å². The Morgan fingerprint density at radius 1 is 1.11 bits per heavy atom. The van der Waals surface area contributed by atoms with Crippen LogP contribution in [0.1, 0.15) is 39.4 Å². The second-order valence-electron chi connectivity index (χ2n) is 5.32. The lowest BCUT2D eigenvalue weighted by Gasteiger charge is -2.25. The summed E-state index contributed by atoms with van der Waals surface area (Å²) >= 11 is 0. The van der Waals surface area contributed by atoms with E-state index in [1.54, 1.807) is 0 Å². The molecular weight excluding hydrogens is 226 g/mol. The standard InChI is InChI=1S/C15H25NO2/c1-10(2)14(9-16)15(17)12-5-7-13(8-6-12)18-11(3)4/h5-8,10-11,14-15,17H,9,16H2,1-4H3. The second-order valence-corrected chi connectivity index (χ2v) is 5.32. The van der Waals surface area contributed by atoms with Crippen LogP contribution in [0.25, 0.3) is 0 Å². The maximum atomic E-state index is 10.3. The Morgan fingerprint density at radius 2 is 1.67 bits per heavy atom. The Balaban J connectivity index is 2.77. The summed E-state index contributed by atoms with van der Waals surface area (Å²) in [7, 11) is 0. The first kappa shape index (κ1) is 15.0. The number of nitrogens with two attached hydrogens (primary N) is 1. The lowest BCUT2D eigenvalue weighted by atomic mass is 9.86. The molecule has 3 nitrogen and oxygen atoms in total. The smallest absolute Gasteiger partial charge is 0.119 e. The van der Waals surface area contributed by atoms with E-state index in [4.69, 9.17) is 10.5 Å². The van der Waals surface area contributed by atoms with Crippen LogP contribution in [0.15, 0.2) is 24.3 Å². The number of hydrogen-bond donors (Lipinski definition) is 2. The summed E-state index contributed by atoms with van der Waals surface area (Å²) in [6, 6.07) is 7.61. The molecule has 1 rings (SSSR count). The van der Waals surface area contributed by atoms with Crippen molar-refractivity contribution in [1.82, 2.24) is 0 Å². The Labute approximate surface area is 110 Å². The quantitative estimate of drug-likeness (QED) is 0.817. The van der Waals surface area contributed by atoms with Crippen molar-refractivity contribution in [2.24, 2.45) is 17.6 Å². The molecule has 1 aromatic rings. The SMILES string of the molecule is CC(C)Oc1ccc(C(O)C(CN)C(C)C)cc1. The minimum atomic E-state index is -0.511. The Kier molecular flexibility index (Phi) is 5.63. The fourth-order valence-electron chi connectivity index (χ4n) is 2.03. The zero-order valence-electron chi connectivity index (χ0n) is 11.8. The summed E-state index contributed by atoms with van der Waals surface area (Å²) in [6.45, 7) is 8.63. The molecule has 2 unspecified atom stereocenters. The van der Waals surface area contributed by atoms with Crippen LogP contribution < -0.4 is 10.5 Å². The molecule has 0 radical (unpaired) electrons. The molecule has 2 atom stereocenters. The van der Waals surface area contributed by atoms with Gasteiger partial charge in [-0.15, -0.1) is 0 Å². The molecule has 0 aliphatic rings. The molecule has 1 aromatic carbocycles. The summed E-state index contributed by atoms with van der Waals surface area (Å²) in [5.74, 6) is 1.27. The van der Waals surface area contributed by atoms with Crippen molar-refractivity contribution in [3.05, 3.63) is 29.8 Å². The zero-order chi connectivity index (χ0) is 13.7. The number of aliphatic hydroxyl groups is 1. The van der Waals surface area contributed by atoms with E-state index >= 15 is 0 Å². The molecule has 3 heteroatoms. The average molecular weight is 251 g/mol. The van der Waals surface area contributed by atoms with Crippen LogP contribution >= 0.6 is 0 Å². The van der Waals surface area contributed by atoms with Gasteiger partial charge < -0.3 is 15.6 Å². The monoisotopic (exact) mass is 251 g/mol. The summed E-state index contributed by atoms with van der Waals surface area (Å²) in [5.41, 5.74) is 6.62. The normalized spacial score (nSPS) is 14.9. The highest BCUT2D eigenvalue weighted by molar-refractivity contribution is 5.29. The van der Waals surface area contributed by atoms with Gasteiger partial charge in [0.25, 0.3) is 0 Å². The minimum Gasteiger partial charge on any atom is -0.491 e. The van der Waals surface area contributed by atoms with Crippen molar-refractivity contribution in [1.29, 1.82) is 0 Å². The van der Waals surface area contributed by atoms with Crippen molar-refractivity contribution in [3.63, 3.8) is 0 Å². The van der Waals surface area contributed by atoms with E-state index in [-0.39, 0.29) is 12.0 Å². The van der Waals surface area contributed by atoms with E-state index in [1.165, 1.54) is 0 Å². The third-order valence-corrected chi connectivity index (χ3v) is 3.13. The van der Waals surface area contributed by atoms with E-state index in [9.17, 15) is 5.11 Å². The van der Waals surface area contributed by atoms with E-state index in [2.05, 4.69) is 13.8 Å². The first-order valence-corrected chi connectivity index (χ1v) is 6.60. The third-order valence-electron chi connectivity index (χ3n) is 3.13. The van der Waals surface area contributed by atoms with Crippen LogP contribution in [0.4, 0.5) is 0 Å². The zero-order valence-corrected chi connectivity index (χ0v) is 11.8. The van der Waals surface area contributed by atoms with Crippen molar-refractivity contribution < 1.29 is 9.84 Å². The molecule has 0 fully saturated rings. The first-order chi connectivity index (χ1) is 8.45. The fraction of sp³-hybridized carbons (Fsp3) is 0.600. The highest BCUT2D eigenvalue weighted by atomic mass is 16.5. The van der Waals surface area contributed by atoms with Crippen LogP contribution in [-0.4, -0.2) is 17.8 Å². The third kappa shape index (κ3) is 4.00. The summed E-state index contributed by atoms with van der Waals surface area (Å²) in [5, 5.41) is 10.3. The van der Waals surface area contributed by atoms with Crippen LogP contribution in [-0.2, 0) is 0 Å². The average Bonchev–Trinajstić information content (AvgIpc) is 2.29. The molecule has 0 bridgehead atoms. The molecule has 18 heavy (non-hydrogen) atoms. The lowest BCUT2D eigenvalue weighted by Crippen LogP contribution is -2.26. The molecule has 0 aliphatic heterocycles. The van der Waals surface area contributed by atoms with Crippen molar-refractivity contribution in [2.75, 3.05) is 6.54 Å².